The fraction of sp³-hybridized carbons (Fsp3) is 0.0769. The van der Waals surface area contributed by atoms with Gasteiger partial charge < -0.3 is 9.84 Å². The Kier molecular flexibility index (Phi) is 5.88. The van der Waals surface area contributed by atoms with Gasteiger partial charge >= 0.3 is 6.16 Å². The molecule has 0 saturated carbocycles. The fourth-order valence-electron chi connectivity index (χ4n) is 1.03. The first kappa shape index (κ1) is 12.7. The van der Waals surface area contributed by atoms with Crippen molar-refractivity contribution in [2.75, 3.05) is 0 Å². The lowest BCUT2D eigenvalue weighted by Gasteiger charge is -1.98. The molecule has 88 valence electrons. The van der Waals surface area contributed by atoms with Crippen LogP contribution in [0.4, 0.5) is 4.79 Å². The number of benzene rings is 1. The van der Waals surface area contributed by atoms with Gasteiger partial charge in [-0.2, -0.15) is 0 Å². The predicted molar refractivity (Wildman–Crippen MR) is 63.5 cm³/mol. The lowest BCUT2D eigenvalue weighted by molar-refractivity contribution is 0.0854. The Morgan fingerprint density at radius 3 is 2.06 bits per heavy atom. The standard InChI is InChI=1S/C8H8O3.C5H5N/c9-8(10)11-6-7-4-2-1-3-5-7;1-2-4-6-5-3-1/h1-5H,6H2,(H,9,10);1-5H. The summed E-state index contributed by atoms with van der Waals surface area (Å²) in [6, 6.07) is 14.9. The van der Waals surface area contributed by atoms with E-state index >= 15 is 0 Å². The second kappa shape index (κ2) is 7.87. The van der Waals surface area contributed by atoms with Crippen LogP contribution < -0.4 is 0 Å². The van der Waals surface area contributed by atoms with Crippen molar-refractivity contribution in [3.63, 3.8) is 0 Å². The van der Waals surface area contributed by atoms with Crippen molar-refractivity contribution in [2.45, 2.75) is 6.61 Å². The number of carbonyl (C=O) groups is 1. The van der Waals surface area contributed by atoms with E-state index in [4.69, 9.17) is 5.11 Å². The number of hydrogen-bond donors (Lipinski definition) is 1. The van der Waals surface area contributed by atoms with E-state index in [-0.39, 0.29) is 6.61 Å². The molecule has 1 aromatic carbocycles. The fourth-order valence-corrected chi connectivity index (χ4v) is 1.03. The molecule has 0 aliphatic carbocycles. The van der Waals surface area contributed by atoms with Crippen LogP contribution in [0.25, 0.3) is 0 Å². The zero-order valence-corrected chi connectivity index (χ0v) is 9.19. The molecule has 0 bridgehead atoms. The molecule has 2 aromatic rings. The van der Waals surface area contributed by atoms with Gasteiger partial charge in [0.25, 0.3) is 0 Å². The van der Waals surface area contributed by atoms with Crippen molar-refractivity contribution in [3.8, 4) is 0 Å². The van der Waals surface area contributed by atoms with Gasteiger partial charge in [-0.25, -0.2) is 4.79 Å². The Bertz CT molecular complexity index is 390. The van der Waals surface area contributed by atoms with Crippen LogP contribution in [0.2, 0.25) is 0 Å². The maximum Gasteiger partial charge on any atom is 0.506 e. The van der Waals surface area contributed by atoms with Gasteiger partial charge in [-0.15, -0.1) is 0 Å². The van der Waals surface area contributed by atoms with Crippen molar-refractivity contribution in [2.24, 2.45) is 0 Å². The third-order valence-electron chi connectivity index (χ3n) is 1.77. The smallest absolute Gasteiger partial charge is 0.450 e. The summed E-state index contributed by atoms with van der Waals surface area (Å²) in [5.41, 5.74) is 0.856. The maximum absolute atomic E-state index is 9.95. The molecule has 0 spiro atoms. The van der Waals surface area contributed by atoms with Gasteiger partial charge in [0, 0.05) is 12.4 Å². The second-order valence-corrected chi connectivity index (χ2v) is 3.06. The van der Waals surface area contributed by atoms with E-state index in [1.807, 2.05) is 48.5 Å². The number of carboxylic acid groups (broad SMARTS) is 1. The lowest BCUT2D eigenvalue weighted by atomic mass is 10.2. The number of aromatic nitrogens is 1. The third-order valence-corrected chi connectivity index (χ3v) is 1.77. The Hall–Kier alpha value is -2.36. The van der Waals surface area contributed by atoms with Gasteiger partial charge in [0.2, 0.25) is 0 Å². The van der Waals surface area contributed by atoms with Gasteiger partial charge in [0.15, 0.2) is 0 Å². The molecule has 0 atom stereocenters. The minimum Gasteiger partial charge on any atom is -0.450 e. The number of nitrogens with zero attached hydrogens (tertiary/aromatic N) is 1. The van der Waals surface area contributed by atoms with Crippen LogP contribution in [0.15, 0.2) is 60.9 Å². The molecular formula is C13H13NO3. The quantitative estimate of drug-likeness (QED) is 0.807. The van der Waals surface area contributed by atoms with Crippen LogP contribution in [-0.2, 0) is 11.3 Å². The van der Waals surface area contributed by atoms with Crippen molar-refractivity contribution in [1.29, 1.82) is 0 Å². The molecule has 1 heterocycles. The van der Waals surface area contributed by atoms with Crippen LogP contribution in [0.3, 0.4) is 0 Å². The summed E-state index contributed by atoms with van der Waals surface area (Å²) >= 11 is 0. The van der Waals surface area contributed by atoms with Crippen LogP contribution in [0.1, 0.15) is 5.56 Å². The molecule has 0 aliphatic heterocycles. The molecule has 4 nitrogen and oxygen atoms in total. The summed E-state index contributed by atoms with van der Waals surface area (Å²) < 4.78 is 4.34. The molecule has 0 aliphatic rings. The van der Waals surface area contributed by atoms with Crippen LogP contribution in [0, 0.1) is 0 Å². The highest BCUT2D eigenvalue weighted by Gasteiger charge is 1.95. The highest BCUT2D eigenvalue weighted by atomic mass is 16.7. The van der Waals surface area contributed by atoms with E-state index in [0.29, 0.717) is 0 Å². The van der Waals surface area contributed by atoms with E-state index in [1.165, 1.54) is 0 Å². The number of ether oxygens (including phenoxy) is 1. The lowest BCUT2D eigenvalue weighted by Crippen LogP contribution is -1.99. The molecule has 0 amide bonds. The molecule has 4 heteroatoms. The SMILES string of the molecule is O=C(O)OCc1ccccc1.c1ccncc1. The molecule has 0 fully saturated rings. The van der Waals surface area contributed by atoms with Gasteiger partial charge in [-0.3, -0.25) is 4.98 Å². The summed E-state index contributed by atoms with van der Waals surface area (Å²) in [4.78, 5) is 13.7. The molecule has 1 N–H and O–H groups in total. The van der Waals surface area contributed by atoms with Crippen molar-refractivity contribution < 1.29 is 14.6 Å². The second-order valence-electron chi connectivity index (χ2n) is 3.06. The zero-order chi connectivity index (χ0) is 12.3. The molecule has 0 radical (unpaired) electrons. The Morgan fingerprint density at radius 2 is 1.65 bits per heavy atom. The number of pyridine rings is 1. The largest absolute Gasteiger partial charge is 0.506 e. The number of hydrogen-bond acceptors (Lipinski definition) is 3. The normalized spacial score (nSPS) is 8.71. The predicted octanol–water partition coefficient (Wildman–Crippen LogP) is 2.96. The molecular weight excluding hydrogens is 218 g/mol. The Morgan fingerprint density at radius 1 is 1.06 bits per heavy atom. The Balaban J connectivity index is 0.000000202. The van der Waals surface area contributed by atoms with Crippen molar-refractivity contribution >= 4 is 6.16 Å². The summed E-state index contributed by atoms with van der Waals surface area (Å²) in [6.07, 6.45) is 2.26. The first-order valence-corrected chi connectivity index (χ1v) is 5.03. The first-order valence-electron chi connectivity index (χ1n) is 5.03. The highest BCUT2D eigenvalue weighted by molar-refractivity contribution is 5.56. The van der Waals surface area contributed by atoms with E-state index in [2.05, 4.69) is 9.72 Å². The highest BCUT2D eigenvalue weighted by Crippen LogP contribution is 1.99. The summed E-state index contributed by atoms with van der Waals surface area (Å²) in [5, 5.41) is 8.15. The van der Waals surface area contributed by atoms with Gasteiger partial charge in [-0.05, 0) is 17.7 Å². The molecule has 0 unspecified atom stereocenters. The van der Waals surface area contributed by atoms with E-state index < -0.39 is 6.16 Å². The van der Waals surface area contributed by atoms with Crippen LogP contribution in [-0.4, -0.2) is 16.2 Å². The monoisotopic (exact) mass is 231 g/mol. The average molecular weight is 231 g/mol. The third kappa shape index (κ3) is 6.67. The topological polar surface area (TPSA) is 59.4 Å². The molecule has 2 rings (SSSR count). The van der Waals surface area contributed by atoms with Gasteiger partial charge in [-0.1, -0.05) is 36.4 Å². The molecule has 0 saturated heterocycles. The summed E-state index contributed by atoms with van der Waals surface area (Å²) in [6.45, 7) is 0.121. The minimum absolute atomic E-state index is 0.121. The molecule has 17 heavy (non-hydrogen) atoms. The van der Waals surface area contributed by atoms with E-state index in [0.717, 1.165) is 5.56 Å². The zero-order valence-electron chi connectivity index (χ0n) is 9.19. The Labute approximate surface area is 99.5 Å². The van der Waals surface area contributed by atoms with Crippen LogP contribution >= 0.6 is 0 Å². The minimum atomic E-state index is -1.24. The average Bonchev–Trinajstić information content (AvgIpc) is 2.40. The van der Waals surface area contributed by atoms with Gasteiger partial charge in [0.05, 0.1) is 0 Å². The maximum atomic E-state index is 9.95. The van der Waals surface area contributed by atoms with Gasteiger partial charge in [0.1, 0.15) is 6.61 Å². The molecule has 1 aromatic heterocycles. The van der Waals surface area contributed by atoms with E-state index in [1.54, 1.807) is 12.4 Å². The van der Waals surface area contributed by atoms with Crippen LogP contribution in [0.5, 0.6) is 0 Å². The first-order chi connectivity index (χ1) is 8.29. The van der Waals surface area contributed by atoms with Crippen molar-refractivity contribution in [1.82, 2.24) is 4.98 Å². The summed E-state index contributed by atoms with van der Waals surface area (Å²) in [7, 11) is 0. The summed E-state index contributed by atoms with van der Waals surface area (Å²) in [5.74, 6) is 0. The van der Waals surface area contributed by atoms with Crippen molar-refractivity contribution in [3.05, 3.63) is 66.5 Å². The number of rotatable bonds is 2. The van der Waals surface area contributed by atoms with E-state index in [9.17, 15) is 4.79 Å².